The molecule has 2 N–H and O–H groups in total. The summed E-state index contributed by atoms with van der Waals surface area (Å²) in [5.74, 6) is 0. The lowest BCUT2D eigenvalue weighted by molar-refractivity contribution is 0.573. The van der Waals surface area contributed by atoms with Crippen molar-refractivity contribution in [1.29, 1.82) is 0 Å². The van der Waals surface area contributed by atoms with Crippen LogP contribution in [0.2, 0.25) is 0 Å². The highest BCUT2D eigenvalue weighted by atomic mass is 15.3. The number of hydrogen-bond acceptors (Lipinski definition) is 4. The summed E-state index contributed by atoms with van der Waals surface area (Å²) in [5, 5.41) is 14.6. The molecule has 6 heteroatoms. The van der Waals surface area contributed by atoms with E-state index in [2.05, 4.69) is 44.7 Å². The summed E-state index contributed by atoms with van der Waals surface area (Å²) in [7, 11) is 0. The normalized spacial score (nSPS) is 12.5. The van der Waals surface area contributed by atoms with E-state index in [1.165, 1.54) is 17.5 Å². The third-order valence-corrected chi connectivity index (χ3v) is 3.61. The molecule has 0 aliphatic rings. The molecule has 0 bridgehead atoms. The summed E-state index contributed by atoms with van der Waals surface area (Å²) >= 11 is 0. The smallest absolute Gasteiger partial charge is 0.138 e. The number of nitrogens with zero attached hydrogens (tertiary/aromatic N) is 4. The van der Waals surface area contributed by atoms with Crippen LogP contribution in [-0.2, 0) is 6.54 Å². The molecule has 6 nitrogen and oxygen atoms in total. The van der Waals surface area contributed by atoms with E-state index in [1.807, 2.05) is 25.3 Å². The van der Waals surface area contributed by atoms with Crippen LogP contribution < -0.4 is 5.32 Å². The largest absolute Gasteiger partial charge is 0.306 e. The summed E-state index contributed by atoms with van der Waals surface area (Å²) in [4.78, 5) is 3.95. The van der Waals surface area contributed by atoms with Crippen molar-refractivity contribution in [3.05, 3.63) is 59.9 Å². The van der Waals surface area contributed by atoms with E-state index < -0.39 is 0 Å². The van der Waals surface area contributed by atoms with Crippen LogP contribution >= 0.6 is 0 Å². The second-order valence-corrected chi connectivity index (χ2v) is 5.05. The zero-order valence-electron chi connectivity index (χ0n) is 12.1. The van der Waals surface area contributed by atoms with Gasteiger partial charge in [-0.2, -0.15) is 10.2 Å². The van der Waals surface area contributed by atoms with Gasteiger partial charge in [-0.15, -0.1) is 0 Å². The van der Waals surface area contributed by atoms with Crippen molar-refractivity contribution in [2.45, 2.75) is 26.4 Å². The lowest BCUT2D eigenvalue weighted by Gasteiger charge is -2.14. The van der Waals surface area contributed by atoms with Crippen LogP contribution in [0.5, 0.6) is 0 Å². The molecule has 2 aromatic heterocycles. The van der Waals surface area contributed by atoms with E-state index in [-0.39, 0.29) is 6.04 Å². The van der Waals surface area contributed by atoms with Crippen LogP contribution in [0.1, 0.15) is 29.8 Å². The van der Waals surface area contributed by atoms with E-state index in [1.54, 1.807) is 11.0 Å². The summed E-state index contributed by atoms with van der Waals surface area (Å²) < 4.78 is 1.75. The summed E-state index contributed by atoms with van der Waals surface area (Å²) in [6.07, 6.45) is 5.09. The Hall–Kier alpha value is -2.47. The molecule has 0 spiro atoms. The van der Waals surface area contributed by atoms with Gasteiger partial charge in [0.15, 0.2) is 0 Å². The van der Waals surface area contributed by atoms with Gasteiger partial charge in [0, 0.05) is 23.8 Å². The number of rotatable bonds is 5. The predicted molar refractivity (Wildman–Crippen MR) is 79.9 cm³/mol. The minimum atomic E-state index is 0.268. The number of hydrogen-bond donors (Lipinski definition) is 2. The van der Waals surface area contributed by atoms with Gasteiger partial charge in [0.1, 0.15) is 12.7 Å². The first-order chi connectivity index (χ1) is 10.2. The number of aryl methyl sites for hydroxylation is 1. The number of aromatic amines is 1. The highest BCUT2D eigenvalue weighted by molar-refractivity contribution is 5.34. The molecule has 3 rings (SSSR count). The molecule has 1 aromatic carbocycles. The van der Waals surface area contributed by atoms with Gasteiger partial charge in [-0.25, -0.2) is 9.67 Å². The average molecular weight is 282 g/mol. The Kier molecular flexibility index (Phi) is 3.79. The zero-order chi connectivity index (χ0) is 14.7. The van der Waals surface area contributed by atoms with Crippen molar-refractivity contribution in [3.63, 3.8) is 0 Å². The van der Waals surface area contributed by atoms with Gasteiger partial charge < -0.3 is 5.32 Å². The minimum Gasteiger partial charge on any atom is -0.306 e. The average Bonchev–Trinajstić information content (AvgIpc) is 3.17. The number of benzene rings is 1. The molecule has 0 saturated carbocycles. The van der Waals surface area contributed by atoms with Crippen molar-refractivity contribution in [2.24, 2.45) is 0 Å². The van der Waals surface area contributed by atoms with Crippen LogP contribution in [0.4, 0.5) is 0 Å². The topological polar surface area (TPSA) is 71.4 Å². The second kappa shape index (κ2) is 5.88. The molecule has 0 unspecified atom stereocenters. The Morgan fingerprint density at radius 3 is 2.71 bits per heavy atom. The van der Waals surface area contributed by atoms with Crippen molar-refractivity contribution < 1.29 is 0 Å². The summed E-state index contributed by atoms with van der Waals surface area (Å²) in [6, 6.07) is 8.58. The lowest BCUT2D eigenvalue weighted by atomic mass is 10.1. The van der Waals surface area contributed by atoms with Crippen LogP contribution in [0.15, 0.2) is 43.1 Å². The number of H-pyrrole nitrogens is 1. The van der Waals surface area contributed by atoms with E-state index in [0.717, 1.165) is 17.9 Å². The maximum absolute atomic E-state index is 4.12. The molecular weight excluding hydrogens is 264 g/mol. The fourth-order valence-corrected chi connectivity index (χ4v) is 2.19. The maximum Gasteiger partial charge on any atom is 0.138 e. The fraction of sp³-hybridized carbons (Fsp3) is 0.267. The molecule has 108 valence electrons. The molecule has 0 saturated heterocycles. The molecule has 1 atom stereocenters. The van der Waals surface area contributed by atoms with Gasteiger partial charge in [-0.1, -0.05) is 12.1 Å². The first kappa shape index (κ1) is 13.5. The minimum absolute atomic E-state index is 0.268. The van der Waals surface area contributed by atoms with Gasteiger partial charge in [0.2, 0.25) is 0 Å². The molecule has 0 amide bonds. The van der Waals surface area contributed by atoms with Gasteiger partial charge in [-0.3, -0.25) is 5.10 Å². The molecule has 21 heavy (non-hydrogen) atoms. The summed E-state index contributed by atoms with van der Waals surface area (Å²) in [5.41, 5.74) is 4.55. The monoisotopic (exact) mass is 282 g/mol. The third kappa shape index (κ3) is 3.00. The van der Waals surface area contributed by atoms with Gasteiger partial charge in [0.05, 0.1) is 11.9 Å². The van der Waals surface area contributed by atoms with E-state index >= 15 is 0 Å². The molecule has 0 fully saturated rings. The van der Waals surface area contributed by atoms with Gasteiger partial charge in [0.25, 0.3) is 0 Å². The number of nitrogens with one attached hydrogen (secondary N) is 2. The quantitative estimate of drug-likeness (QED) is 0.752. The Morgan fingerprint density at radius 2 is 2.10 bits per heavy atom. The van der Waals surface area contributed by atoms with Crippen LogP contribution in [0, 0.1) is 6.92 Å². The lowest BCUT2D eigenvalue weighted by Crippen LogP contribution is -2.18. The van der Waals surface area contributed by atoms with Crippen molar-refractivity contribution >= 4 is 0 Å². The summed E-state index contributed by atoms with van der Waals surface area (Å²) in [6.45, 7) is 4.98. The first-order valence-electron chi connectivity index (χ1n) is 6.91. The Balaban J connectivity index is 1.65. The standard InChI is InChI=1S/C15H18N6/c1-11(17-7-14-8-18-20-12(14)2)13-3-5-15(6-4-13)21-10-16-9-19-21/h3-6,8-11,17H,7H2,1-2H3,(H,18,20)/t11-/m1/s1. The third-order valence-electron chi connectivity index (χ3n) is 3.61. The van der Waals surface area contributed by atoms with E-state index in [9.17, 15) is 0 Å². The highest BCUT2D eigenvalue weighted by Gasteiger charge is 2.07. The van der Waals surface area contributed by atoms with E-state index in [0.29, 0.717) is 0 Å². The first-order valence-corrected chi connectivity index (χ1v) is 6.91. The van der Waals surface area contributed by atoms with E-state index in [4.69, 9.17) is 0 Å². The van der Waals surface area contributed by atoms with Crippen LogP contribution in [-0.4, -0.2) is 25.0 Å². The molecule has 0 aliphatic heterocycles. The Labute approximate surface area is 123 Å². The molecule has 2 heterocycles. The predicted octanol–water partition coefficient (Wildman–Crippen LogP) is 2.15. The Morgan fingerprint density at radius 1 is 1.29 bits per heavy atom. The zero-order valence-corrected chi connectivity index (χ0v) is 12.1. The Bertz CT molecular complexity index is 683. The van der Waals surface area contributed by atoms with Gasteiger partial charge in [-0.05, 0) is 31.5 Å². The van der Waals surface area contributed by atoms with Crippen molar-refractivity contribution in [1.82, 2.24) is 30.3 Å². The molecular formula is C15H18N6. The number of aromatic nitrogens is 5. The molecule has 0 radical (unpaired) electrons. The fourth-order valence-electron chi connectivity index (χ4n) is 2.19. The van der Waals surface area contributed by atoms with Crippen molar-refractivity contribution in [2.75, 3.05) is 0 Å². The maximum atomic E-state index is 4.12. The van der Waals surface area contributed by atoms with Crippen LogP contribution in [0.25, 0.3) is 5.69 Å². The second-order valence-electron chi connectivity index (χ2n) is 5.05. The SMILES string of the molecule is Cc1[nH]ncc1CN[C@H](C)c1ccc(-n2cncn2)cc1. The van der Waals surface area contributed by atoms with Crippen molar-refractivity contribution in [3.8, 4) is 5.69 Å². The van der Waals surface area contributed by atoms with Crippen LogP contribution in [0.3, 0.4) is 0 Å². The van der Waals surface area contributed by atoms with Gasteiger partial charge >= 0.3 is 0 Å². The molecule has 0 aliphatic carbocycles. The highest BCUT2D eigenvalue weighted by Crippen LogP contribution is 2.16. The molecule has 3 aromatic rings.